The summed E-state index contributed by atoms with van der Waals surface area (Å²) >= 11 is 3.12. The number of amides is 1. The summed E-state index contributed by atoms with van der Waals surface area (Å²) in [7, 11) is 0. The van der Waals surface area contributed by atoms with Gasteiger partial charge in [-0.3, -0.25) is 9.78 Å². The van der Waals surface area contributed by atoms with Crippen molar-refractivity contribution in [3.05, 3.63) is 28.5 Å². The quantitative estimate of drug-likeness (QED) is 0.906. The maximum absolute atomic E-state index is 11.8. The number of halogens is 3. The third kappa shape index (κ3) is 3.37. The molecule has 0 fully saturated rings. The van der Waals surface area contributed by atoms with Gasteiger partial charge in [-0.1, -0.05) is 0 Å². The normalized spacial score (nSPS) is 10.3. The molecule has 0 atom stereocenters. The first kappa shape index (κ1) is 11.0. The highest BCUT2D eigenvalue weighted by atomic mass is 79.9. The van der Waals surface area contributed by atoms with Gasteiger partial charge in [0.25, 0.3) is 12.3 Å². The molecular formula is C8H7BrF2N2O. The van der Waals surface area contributed by atoms with Crippen LogP contribution in [-0.4, -0.2) is 23.9 Å². The van der Waals surface area contributed by atoms with Crippen molar-refractivity contribution in [3.8, 4) is 0 Å². The van der Waals surface area contributed by atoms with Crippen molar-refractivity contribution in [1.29, 1.82) is 0 Å². The van der Waals surface area contributed by atoms with E-state index in [4.69, 9.17) is 0 Å². The van der Waals surface area contributed by atoms with Crippen molar-refractivity contribution in [2.45, 2.75) is 6.43 Å². The molecule has 0 bridgehead atoms. The van der Waals surface area contributed by atoms with E-state index in [1.165, 1.54) is 18.5 Å². The molecule has 1 N–H and O–H groups in total. The Balaban J connectivity index is 2.61. The molecule has 3 nitrogen and oxygen atoms in total. The molecule has 6 heteroatoms. The minimum Gasteiger partial charge on any atom is -0.346 e. The first-order valence-corrected chi connectivity index (χ1v) is 4.56. The molecule has 0 aromatic carbocycles. The van der Waals surface area contributed by atoms with Crippen LogP contribution in [0.15, 0.2) is 22.9 Å². The van der Waals surface area contributed by atoms with Gasteiger partial charge in [-0.2, -0.15) is 0 Å². The van der Waals surface area contributed by atoms with Crippen LogP contribution >= 0.6 is 15.9 Å². The first-order chi connectivity index (χ1) is 6.59. The molecule has 0 unspecified atom stereocenters. The molecule has 0 radical (unpaired) electrons. The Kier molecular flexibility index (Phi) is 3.94. The lowest BCUT2D eigenvalue weighted by atomic mass is 10.3. The number of nitrogens with one attached hydrogen (secondary N) is 1. The van der Waals surface area contributed by atoms with Crippen molar-refractivity contribution < 1.29 is 13.6 Å². The van der Waals surface area contributed by atoms with Crippen molar-refractivity contribution >= 4 is 21.8 Å². The van der Waals surface area contributed by atoms with E-state index in [1.807, 2.05) is 0 Å². The number of pyridine rings is 1. The van der Waals surface area contributed by atoms with Crippen LogP contribution in [0.25, 0.3) is 0 Å². The van der Waals surface area contributed by atoms with Gasteiger partial charge in [-0.15, -0.1) is 0 Å². The molecule has 0 aliphatic carbocycles. The van der Waals surface area contributed by atoms with Crippen LogP contribution in [0.2, 0.25) is 0 Å². The number of rotatable bonds is 3. The van der Waals surface area contributed by atoms with E-state index in [0.29, 0.717) is 4.47 Å². The summed E-state index contributed by atoms with van der Waals surface area (Å²) in [6.45, 7) is -0.647. The summed E-state index contributed by atoms with van der Waals surface area (Å²) < 4.78 is 24.1. The fourth-order valence-corrected chi connectivity index (χ4v) is 1.17. The summed E-state index contributed by atoms with van der Waals surface area (Å²) in [6, 6.07) is 1.51. The zero-order chi connectivity index (χ0) is 10.6. The molecule has 76 valence electrons. The third-order valence-corrected chi connectivity index (χ3v) is 1.82. The van der Waals surface area contributed by atoms with Crippen LogP contribution in [0.1, 0.15) is 10.4 Å². The summed E-state index contributed by atoms with van der Waals surface area (Å²) in [6.07, 6.45) is 0.272. The first-order valence-electron chi connectivity index (χ1n) is 3.76. The summed E-state index contributed by atoms with van der Waals surface area (Å²) in [5, 5.41) is 2.08. The Morgan fingerprint density at radius 1 is 1.57 bits per heavy atom. The number of nitrogens with zero attached hydrogens (tertiary/aromatic N) is 1. The Morgan fingerprint density at radius 3 is 2.86 bits per heavy atom. The Bertz CT molecular complexity index is 333. The lowest BCUT2D eigenvalue weighted by Gasteiger charge is -2.03. The maximum atomic E-state index is 11.8. The fraction of sp³-hybridized carbons (Fsp3) is 0.250. The molecule has 14 heavy (non-hydrogen) atoms. The summed E-state index contributed by atoms with van der Waals surface area (Å²) in [5.41, 5.74) is 0.250. The van der Waals surface area contributed by atoms with E-state index < -0.39 is 18.9 Å². The molecule has 1 aromatic rings. The number of carbonyl (C=O) groups excluding carboxylic acids is 1. The van der Waals surface area contributed by atoms with E-state index >= 15 is 0 Å². The second-order valence-electron chi connectivity index (χ2n) is 2.49. The second-order valence-corrected chi connectivity index (χ2v) is 3.41. The zero-order valence-corrected chi connectivity index (χ0v) is 8.59. The fourth-order valence-electron chi connectivity index (χ4n) is 0.808. The van der Waals surface area contributed by atoms with Crippen LogP contribution in [0.4, 0.5) is 8.78 Å². The molecule has 1 heterocycles. The van der Waals surface area contributed by atoms with Crippen LogP contribution in [-0.2, 0) is 0 Å². The van der Waals surface area contributed by atoms with Crippen molar-refractivity contribution in [1.82, 2.24) is 10.3 Å². The maximum Gasteiger partial charge on any atom is 0.255 e. The SMILES string of the molecule is O=C(NCC(F)F)c1cncc(Br)c1. The number of carbonyl (C=O) groups is 1. The molecule has 1 aromatic heterocycles. The van der Waals surface area contributed by atoms with Crippen molar-refractivity contribution in [3.63, 3.8) is 0 Å². The van der Waals surface area contributed by atoms with Gasteiger partial charge in [0.05, 0.1) is 12.1 Å². The van der Waals surface area contributed by atoms with Crippen molar-refractivity contribution in [2.24, 2.45) is 0 Å². The van der Waals surface area contributed by atoms with Crippen molar-refractivity contribution in [2.75, 3.05) is 6.54 Å². The van der Waals surface area contributed by atoms with Gasteiger partial charge in [0.2, 0.25) is 0 Å². The monoisotopic (exact) mass is 264 g/mol. The molecule has 0 aliphatic rings. The highest BCUT2D eigenvalue weighted by molar-refractivity contribution is 9.10. The molecular weight excluding hydrogens is 258 g/mol. The lowest BCUT2D eigenvalue weighted by molar-refractivity contribution is 0.0891. The van der Waals surface area contributed by atoms with Crippen LogP contribution in [0.3, 0.4) is 0 Å². The van der Waals surface area contributed by atoms with E-state index in [-0.39, 0.29) is 5.56 Å². The topological polar surface area (TPSA) is 42.0 Å². The molecule has 0 spiro atoms. The second kappa shape index (κ2) is 4.99. The molecule has 0 aliphatic heterocycles. The Labute approximate surface area is 87.7 Å². The van der Waals surface area contributed by atoms with Crippen LogP contribution in [0, 0.1) is 0 Å². The van der Waals surface area contributed by atoms with Gasteiger partial charge in [0.15, 0.2) is 0 Å². The highest BCUT2D eigenvalue weighted by Gasteiger charge is 2.08. The Hall–Kier alpha value is -1.04. The number of alkyl halides is 2. The van der Waals surface area contributed by atoms with Gasteiger partial charge >= 0.3 is 0 Å². The molecule has 1 rings (SSSR count). The predicted octanol–water partition coefficient (Wildman–Crippen LogP) is 1.84. The minimum absolute atomic E-state index is 0.250. The standard InChI is InChI=1S/C8H7BrF2N2O/c9-6-1-5(2-12-3-6)8(14)13-4-7(10)11/h1-3,7H,4H2,(H,13,14). The number of hydrogen-bond acceptors (Lipinski definition) is 2. The number of hydrogen-bond donors (Lipinski definition) is 1. The molecule has 0 saturated heterocycles. The van der Waals surface area contributed by atoms with Gasteiger partial charge < -0.3 is 5.32 Å². The van der Waals surface area contributed by atoms with Gasteiger partial charge in [0, 0.05) is 16.9 Å². The van der Waals surface area contributed by atoms with E-state index in [1.54, 1.807) is 0 Å². The third-order valence-electron chi connectivity index (χ3n) is 1.38. The van der Waals surface area contributed by atoms with E-state index in [2.05, 4.69) is 26.2 Å². The highest BCUT2D eigenvalue weighted by Crippen LogP contribution is 2.09. The zero-order valence-electron chi connectivity index (χ0n) is 7.01. The Morgan fingerprint density at radius 2 is 2.29 bits per heavy atom. The van der Waals surface area contributed by atoms with Crippen LogP contribution < -0.4 is 5.32 Å². The van der Waals surface area contributed by atoms with Gasteiger partial charge in [0.1, 0.15) is 0 Å². The average Bonchev–Trinajstić information content (AvgIpc) is 2.14. The molecule has 0 saturated carbocycles. The van der Waals surface area contributed by atoms with Gasteiger partial charge in [-0.25, -0.2) is 8.78 Å². The van der Waals surface area contributed by atoms with Gasteiger partial charge in [-0.05, 0) is 22.0 Å². The van der Waals surface area contributed by atoms with Crippen LogP contribution in [0.5, 0.6) is 0 Å². The molecule has 1 amide bonds. The predicted molar refractivity (Wildman–Crippen MR) is 50.3 cm³/mol. The van der Waals surface area contributed by atoms with E-state index in [0.717, 1.165) is 0 Å². The summed E-state index contributed by atoms with van der Waals surface area (Å²) in [5.74, 6) is -0.556. The van der Waals surface area contributed by atoms with E-state index in [9.17, 15) is 13.6 Å². The minimum atomic E-state index is -2.54. The summed E-state index contributed by atoms with van der Waals surface area (Å²) in [4.78, 5) is 14.9. The average molecular weight is 265 g/mol. The smallest absolute Gasteiger partial charge is 0.255 e. The largest absolute Gasteiger partial charge is 0.346 e. The number of aromatic nitrogens is 1. The lowest BCUT2D eigenvalue weighted by Crippen LogP contribution is -2.28.